The molecule has 2 aliphatic heterocycles. The van der Waals surface area contributed by atoms with E-state index in [1.807, 2.05) is 30.3 Å². The van der Waals surface area contributed by atoms with E-state index in [1.165, 1.54) is 0 Å². The van der Waals surface area contributed by atoms with Crippen molar-refractivity contribution < 1.29 is 19.0 Å². The first-order valence-corrected chi connectivity index (χ1v) is 8.69. The molecule has 1 spiro atoms. The van der Waals surface area contributed by atoms with Crippen LogP contribution < -0.4 is 0 Å². The largest absolute Gasteiger partial charge is 0.374 e. The van der Waals surface area contributed by atoms with Crippen LogP contribution in [0.5, 0.6) is 0 Å². The van der Waals surface area contributed by atoms with Gasteiger partial charge >= 0.3 is 0 Å². The minimum Gasteiger partial charge on any atom is -0.374 e. The Morgan fingerprint density at radius 1 is 1.28 bits per heavy atom. The number of Topliss-reactive ketones (excluding diaryl/α,β-unsaturated/α-hetero) is 1. The first-order chi connectivity index (χ1) is 12.2. The zero-order valence-corrected chi connectivity index (χ0v) is 14.2. The summed E-state index contributed by atoms with van der Waals surface area (Å²) in [6.07, 6.45) is 2.49. The van der Waals surface area contributed by atoms with E-state index in [4.69, 9.17) is 19.7 Å². The number of benzene rings is 1. The molecule has 25 heavy (non-hydrogen) atoms. The maximum Gasteiger partial charge on any atom is 0.176 e. The van der Waals surface area contributed by atoms with Gasteiger partial charge in [0, 0.05) is 17.8 Å². The van der Waals surface area contributed by atoms with Crippen LogP contribution in [0.3, 0.4) is 0 Å². The third-order valence-corrected chi connectivity index (χ3v) is 4.53. The van der Waals surface area contributed by atoms with E-state index in [-0.39, 0.29) is 31.0 Å². The molecule has 0 radical (unpaired) electrons. The summed E-state index contributed by atoms with van der Waals surface area (Å²) in [7, 11) is 0. The van der Waals surface area contributed by atoms with E-state index in [0.29, 0.717) is 26.1 Å². The molecule has 3 rings (SSSR count). The third kappa shape index (κ3) is 5.03. The fourth-order valence-corrected chi connectivity index (χ4v) is 3.48. The first-order valence-electron chi connectivity index (χ1n) is 8.69. The lowest BCUT2D eigenvalue weighted by Crippen LogP contribution is -2.52. The van der Waals surface area contributed by atoms with Gasteiger partial charge in [0.2, 0.25) is 0 Å². The molecule has 2 heterocycles. The number of ketones is 1. The Bertz CT molecular complexity index is 632. The van der Waals surface area contributed by atoms with Gasteiger partial charge in [0.1, 0.15) is 5.78 Å². The lowest BCUT2D eigenvalue weighted by molar-refractivity contribution is -0.308. The standard InChI is InChI=1S/C18H23N3O4/c19-21-20-11-16-7-4-8-18(24-16)10-15(22)9-17(25-18)13-23-12-14-5-2-1-3-6-14/h1-3,5-6,16-17H,4,7-13H2/t16-,17-,18-/m0/s1. The molecule has 0 bridgehead atoms. The molecule has 1 aromatic carbocycles. The van der Waals surface area contributed by atoms with Crippen molar-refractivity contribution in [3.8, 4) is 0 Å². The molecule has 0 unspecified atom stereocenters. The molecular formula is C18H23N3O4. The van der Waals surface area contributed by atoms with E-state index >= 15 is 0 Å². The summed E-state index contributed by atoms with van der Waals surface area (Å²) >= 11 is 0. The zero-order valence-electron chi connectivity index (χ0n) is 14.2. The van der Waals surface area contributed by atoms with Crippen LogP contribution in [-0.2, 0) is 25.6 Å². The summed E-state index contributed by atoms with van der Waals surface area (Å²) in [4.78, 5) is 15.0. The second-order valence-corrected chi connectivity index (χ2v) is 6.62. The zero-order chi connectivity index (χ0) is 17.5. The monoisotopic (exact) mass is 345 g/mol. The van der Waals surface area contributed by atoms with Gasteiger partial charge in [-0.25, -0.2) is 0 Å². The molecule has 3 atom stereocenters. The Labute approximate surface area is 146 Å². The van der Waals surface area contributed by atoms with Crippen molar-refractivity contribution >= 4 is 5.78 Å². The highest BCUT2D eigenvalue weighted by Crippen LogP contribution is 2.38. The molecule has 0 aromatic heterocycles. The van der Waals surface area contributed by atoms with Crippen LogP contribution in [0.4, 0.5) is 0 Å². The normalized spacial score (nSPS) is 29.4. The van der Waals surface area contributed by atoms with Gasteiger partial charge in [-0.1, -0.05) is 35.4 Å². The van der Waals surface area contributed by atoms with Gasteiger partial charge in [-0.15, -0.1) is 0 Å². The summed E-state index contributed by atoms with van der Waals surface area (Å²) in [5.41, 5.74) is 9.56. The topological polar surface area (TPSA) is 93.5 Å². The van der Waals surface area contributed by atoms with Crippen molar-refractivity contribution in [3.63, 3.8) is 0 Å². The van der Waals surface area contributed by atoms with Crippen LogP contribution in [0.2, 0.25) is 0 Å². The van der Waals surface area contributed by atoms with Crippen LogP contribution in [0, 0.1) is 0 Å². The number of carbonyl (C=O) groups excluding carboxylic acids is 1. The molecule has 0 amide bonds. The molecule has 2 saturated heterocycles. The summed E-state index contributed by atoms with van der Waals surface area (Å²) in [5.74, 6) is -0.756. The SMILES string of the molecule is [N-]=[N+]=NC[C@@H]1CCC[C@]2(CC(=O)C[C@@H](COCc3ccccc3)O2)O1. The van der Waals surface area contributed by atoms with Crippen LogP contribution in [0.15, 0.2) is 35.4 Å². The second kappa shape index (κ2) is 8.45. The van der Waals surface area contributed by atoms with Gasteiger partial charge in [-0.2, -0.15) is 0 Å². The molecule has 1 aromatic rings. The van der Waals surface area contributed by atoms with E-state index < -0.39 is 5.79 Å². The van der Waals surface area contributed by atoms with Gasteiger partial charge < -0.3 is 14.2 Å². The Morgan fingerprint density at radius 2 is 2.08 bits per heavy atom. The average Bonchev–Trinajstić information content (AvgIpc) is 2.60. The smallest absolute Gasteiger partial charge is 0.176 e. The lowest BCUT2D eigenvalue weighted by Gasteiger charge is -2.45. The third-order valence-electron chi connectivity index (χ3n) is 4.53. The molecule has 2 fully saturated rings. The molecule has 0 aliphatic carbocycles. The molecule has 0 N–H and O–H groups in total. The number of ether oxygens (including phenoxy) is 3. The summed E-state index contributed by atoms with van der Waals surface area (Å²) in [6.45, 7) is 1.11. The Kier molecular flexibility index (Phi) is 6.04. The molecule has 7 heteroatoms. The molecule has 2 aliphatic rings. The van der Waals surface area contributed by atoms with Gasteiger partial charge in [0.15, 0.2) is 5.79 Å². The number of rotatable bonds is 6. The molecule has 7 nitrogen and oxygen atoms in total. The van der Waals surface area contributed by atoms with E-state index in [2.05, 4.69) is 10.0 Å². The van der Waals surface area contributed by atoms with Crippen LogP contribution in [0.1, 0.15) is 37.7 Å². The number of nitrogens with zero attached hydrogens (tertiary/aromatic N) is 3. The van der Waals surface area contributed by atoms with Crippen molar-refractivity contribution in [1.29, 1.82) is 0 Å². The quantitative estimate of drug-likeness (QED) is 0.448. The van der Waals surface area contributed by atoms with E-state index in [9.17, 15) is 4.79 Å². The fraction of sp³-hybridized carbons (Fsp3) is 0.611. The molecular weight excluding hydrogens is 322 g/mol. The highest BCUT2D eigenvalue weighted by atomic mass is 16.7. The summed E-state index contributed by atoms with van der Waals surface area (Å²) in [6, 6.07) is 9.89. The van der Waals surface area contributed by atoms with Gasteiger partial charge in [0.05, 0.1) is 38.4 Å². The van der Waals surface area contributed by atoms with Crippen LogP contribution in [0.25, 0.3) is 10.4 Å². The maximum atomic E-state index is 12.2. The minimum atomic E-state index is -0.885. The second-order valence-electron chi connectivity index (χ2n) is 6.62. The average molecular weight is 345 g/mol. The van der Waals surface area contributed by atoms with Crippen molar-refractivity contribution in [3.05, 3.63) is 46.3 Å². The summed E-state index contributed by atoms with van der Waals surface area (Å²) < 4.78 is 17.9. The lowest BCUT2D eigenvalue weighted by atomic mass is 9.92. The highest BCUT2D eigenvalue weighted by Gasteiger charge is 2.45. The number of azide groups is 1. The van der Waals surface area contributed by atoms with E-state index in [0.717, 1.165) is 18.4 Å². The molecule has 0 saturated carbocycles. The number of hydrogen-bond donors (Lipinski definition) is 0. The molecule has 134 valence electrons. The maximum absolute atomic E-state index is 12.2. The Balaban J connectivity index is 1.55. The van der Waals surface area contributed by atoms with Crippen molar-refractivity contribution in [2.45, 2.75) is 56.7 Å². The predicted octanol–water partition coefficient (Wildman–Crippen LogP) is 3.53. The van der Waals surface area contributed by atoms with Gasteiger partial charge in [0.25, 0.3) is 0 Å². The minimum absolute atomic E-state index is 0.129. The van der Waals surface area contributed by atoms with Crippen molar-refractivity contribution in [2.75, 3.05) is 13.2 Å². The van der Waals surface area contributed by atoms with Crippen LogP contribution >= 0.6 is 0 Å². The van der Waals surface area contributed by atoms with Gasteiger partial charge in [-0.05, 0) is 23.9 Å². The van der Waals surface area contributed by atoms with Crippen LogP contribution in [-0.4, -0.2) is 36.9 Å². The Hall–Kier alpha value is -1.92. The van der Waals surface area contributed by atoms with Gasteiger partial charge in [-0.3, -0.25) is 4.79 Å². The highest BCUT2D eigenvalue weighted by molar-refractivity contribution is 5.80. The Morgan fingerprint density at radius 3 is 2.88 bits per heavy atom. The van der Waals surface area contributed by atoms with E-state index in [1.54, 1.807) is 0 Å². The van der Waals surface area contributed by atoms with Crippen molar-refractivity contribution in [2.24, 2.45) is 5.11 Å². The number of hydrogen-bond acceptors (Lipinski definition) is 5. The first kappa shape index (κ1) is 17.9. The number of carbonyl (C=O) groups is 1. The fourth-order valence-electron chi connectivity index (χ4n) is 3.48. The summed E-state index contributed by atoms with van der Waals surface area (Å²) in [5, 5.41) is 3.59. The predicted molar refractivity (Wildman–Crippen MR) is 90.7 cm³/mol. The van der Waals surface area contributed by atoms with Crippen molar-refractivity contribution in [1.82, 2.24) is 0 Å².